The van der Waals surface area contributed by atoms with Crippen LogP contribution in [0.5, 0.6) is 5.75 Å². The van der Waals surface area contributed by atoms with E-state index < -0.39 is 11.5 Å². The van der Waals surface area contributed by atoms with Gasteiger partial charge < -0.3 is 19.8 Å². The number of ether oxygens (including phenoxy) is 1. The van der Waals surface area contributed by atoms with E-state index in [1.165, 1.54) is 0 Å². The molecule has 5 heteroatoms. The molecule has 5 nitrogen and oxygen atoms in total. The van der Waals surface area contributed by atoms with Crippen molar-refractivity contribution >= 4 is 5.91 Å². The molecular formula is C19H27NO4. The van der Waals surface area contributed by atoms with Crippen molar-refractivity contribution in [1.82, 2.24) is 4.90 Å². The first-order valence-electron chi connectivity index (χ1n) is 8.83. The molecule has 0 radical (unpaired) electrons. The van der Waals surface area contributed by atoms with Crippen LogP contribution < -0.4 is 4.74 Å². The van der Waals surface area contributed by atoms with Crippen molar-refractivity contribution in [1.29, 1.82) is 0 Å². The summed E-state index contributed by atoms with van der Waals surface area (Å²) in [6.07, 6.45) is 3.83. The molecule has 3 rings (SSSR count). The van der Waals surface area contributed by atoms with E-state index in [1.54, 1.807) is 12.0 Å². The van der Waals surface area contributed by atoms with E-state index >= 15 is 0 Å². The molecule has 1 aromatic carbocycles. The number of nitrogens with zero attached hydrogens (tertiary/aromatic N) is 1. The number of carbonyl (C=O) groups excluding carboxylic acids is 1. The van der Waals surface area contributed by atoms with Gasteiger partial charge in [0.05, 0.1) is 18.6 Å². The van der Waals surface area contributed by atoms with Gasteiger partial charge in [0.1, 0.15) is 5.75 Å². The molecule has 1 saturated heterocycles. The summed E-state index contributed by atoms with van der Waals surface area (Å²) in [5, 5.41) is 19.5. The van der Waals surface area contributed by atoms with Gasteiger partial charge in [-0.2, -0.15) is 0 Å². The maximum Gasteiger partial charge on any atom is 0.233 e. The first kappa shape index (κ1) is 17.2. The van der Waals surface area contributed by atoms with Gasteiger partial charge in [-0.15, -0.1) is 0 Å². The first-order chi connectivity index (χ1) is 11.6. The van der Waals surface area contributed by atoms with Crippen molar-refractivity contribution in [2.75, 3.05) is 26.8 Å². The van der Waals surface area contributed by atoms with E-state index in [2.05, 4.69) is 0 Å². The minimum Gasteiger partial charge on any atom is -0.497 e. The number of hydrogen-bond donors (Lipinski definition) is 2. The number of likely N-dealkylation sites (tertiary alicyclic amines) is 1. The summed E-state index contributed by atoms with van der Waals surface area (Å²) in [7, 11) is 1.64. The lowest BCUT2D eigenvalue weighted by Gasteiger charge is -2.40. The van der Waals surface area contributed by atoms with E-state index in [-0.39, 0.29) is 18.4 Å². The zero-order valence-corrected chi connectivity index (χ0v) is 14.3. The van der Waals surface area contributed by atoms with E-state index in [0.29, 0.717) is 19.5 Å². The fourth-order valence-corrected chi connectivity index (χ4v) is 4.19. The second-order valence-electron chi connectivity index (χ2n) is 7.07. The van der Waals surface area contributed by atoms with Crippen LogP contribution in [0, 0.1) is 5.92 Å². The van der Waals surface area contributed by atoms with Crippen LogP contribution in [0.15, 0.2) is 24.3 Å². The summed E-state index contributed by atoms with van der Waals surface area (Å²) in [4.78, 5) is 15.1. The number of aliphatic hydroxyl groups excluding tert-OH is 2. The average Bonchev–Trinajstić information content (AvgIpc) is 3.12. The van der Waals surface area contributed by atoms with Crippen LogP contribution in [0.1, 0.15) is 37.7 Å². The Morgan fingerprint density at radius 1 is 1.29 bits per heavy atom. The van der Waals surface area contributed by atoms with Crippen LogP contribution in [0.2, 0.25) is 0 Å². The number of β-amino-alcohol motifs (C(OH)–C–C–N with tert-alkyl or cyclic N) is 1. The highest BCUT2D eigenvalue weighted by Crippen LogP contribution is 2.43. The SMILES string of the molecule is COc1ccc(C2(C(=O)N3CC[C@@H](CO)[C@H](O)C3)CCCC2)cc1. The minimum atomic E-state index is -0.637. The second-order valence-corrected chi connectivity index (χ2v) is 7.07. The van der Waals surface area contributed by atoms with Gasteiger partial charge in [0, 0.05) is 25.6 Å². The Bertz CT molecular complexity index is 565. The molecule has 1 aromatic rings. The van der Waals surface area contributed by atoms with Gasteiger partial charge in [0.15, 0.2) is 0 Å². The van der Waals surface area contributed by atoms with E-state index in [9.17, 15) is 15.0 Å². The van der Waals surface area contributed by atoms with Gasteiger partial charge in [-0.1, -0.05) is 25.0 Å². The number of benzene rings is 1. The lowest BCUT2D eigenvalue weighted by atomic mass is 9.77. The summed E-state index contributed by atoms with van der Waals surface area (Å²) in [6, 6.07) is 7.82. The molecule has 132 valence electrons. The Morgan fingerprint density at radius 2 is 1.96 bits per heavy atom. The lowest BCUT2D eigenvalue weighted by Crippen LogP contribution is -2.53. The molecule has 2 atom stereocenters. The van der Waals surface area contributed by atoms with Crippen LogP contribution in [-0.4, -0.2) is 53.9 Å². The molecule has 24 heavy (non-hydrogen) atoms. The maximum atomic E-state index is 13.3. The molecular weight excluding hydrogens is 306 g/mol. The highest BCUT2D eigenvalue weighted by atomic mass is 16.5. The molecule has 0 bridgehead atoms. The number of carbonyl (C=O) groups is 1. The third-order valence-corrected chi connectivity index (χ3v) is 5.75. The molecule has 1 saturated carbocycles. The average molecular weight is 333 g/mol. The van der Waals surface area contributed by atoms with Gasteiger partial charge in [0.25, 0.3) is 0 Å². The van der Waals surface area contributed by atoms with Crippen LogP contribution in [0.3, 0.4) is 0 Å². The van der Waals surface area contributed by atoms with Crippen LogP contribution in [0.25, 0.3) is 0 Å². The zero-order valence-electron chi connectivity index (χ0n) is 14.3. The monoisotopic (exact) mass is 333 g/mol. The van der Waals surface area contributed by atoms with Gasteiger partial charge >= 0.3 is 0 Å². The molecule has 2 aliphatic rings. The van der Waals surface area contributed by atoms with Crippen molar-refractivity contribution < 1.29 is 19.7 Å². The molecule has 1 aliphatic carbocycles. The summed E-state index contributed by atoms with van der Waals surface area (Å²) < 4.78 is 5.23. The standard InChI is InChI=1S/C19H27NO4/c1-24-16-6-4-15(5-7-16)19(9-2-3-10-19)18(23)20-11-8-14(13-21)17(22)12-20/h4-7,14,17,21-22H,2-3,8-13H2,1H3/t14-,17+/m0/s1. The largest absolute Gasteiger partial charge is 0.497 e. The van der Waals surface area contributed by atoms with Crippen molar-refractivity contribution in [3.8, 4) is 5.75 Å². The second kappa shape index (κ2) is 7.11. The highest BCUT2D eigenvalue weighted by molar-refractivity contribution is 5.89. The Hall–Kier alpha value is -1.59. The minimum absolute atomic E-state index is 0.0210. The summed E-state index contributed by atoms with van der Waals surface area (Å²) in [5.74, 6) is 0.800. The van der Waals surface area contributed by atoms with Crippen molar-refractivity contribution in [3.05, 3.63) is 29.8 Å². The smallest absolute Gasteiger partial charge is 0.233 e. The molecule has 1 aliphatic heterocycles. The summed E-state index contributed by atoms with van der Waals surface area (Å²) in [6.45, 7) is 0.911. The van der Waals surface area contributed by atoms with Crippen molar-refractivity contribution in [3.63, 3.8) is 0 Å². The Labute approximate surface area is 143 Å². The van der Waals surface area contributed by atoms with Crippen LogP contribution in [-0.2, 0) is 10.2 Å². The van der Waals surface area contributed by atoms with Crippen molar-refractivity contribution in [2.24, 2.45) is 5.92 Å². The van der Waals surface area contributed by atoms with Crippen LogP contribution >= 0.6 is 0 Å². The third kappa shape index (κ3) is 3.03. The number of rotatable bonds is 4. The topological polar surface area (TPSA) is 70.0 Å². The predicted octanol–water partition coefficient (Wildman–Crippen LogP) is 1.71. The maximum absolute atomic E-state index is 13.3. The Balaban J connectivity index is 1.83. The van der Waals surface area contributed by atoms with E-state index in [4.69, 9.17) is 4.74 Å². The van der Waals surface area contributed by atoms with Gasteiger partial charge in [-0.3, -0.25) is 4.79 Å². The Kier molecular flexibility index (Phi) is 5.11. The van der Waals surface area contributed by atoms with Gasteiger partial charge in [-0.25, -0.2) is 0 Å². The van der Waals surface area contributed by atoms with Gasteiger partial charge in [0.2, 0.25) is 5.91 Å². The molecule has 1 amide bonds. The van der Waals surface area contributed by atoms with E-state index in [0.717, 1.165) is 37.0 Å². The number of amides is 1. The molecule has 0 unspecified atom stereocenters. The molecule has 2 fully saturated rings. The summed E-state index contributed by atoms with van der Waals surface area (Å²) >= 11 is 0. The normalized spacial score (nSPS) is 26.4. The number of aliphatic hydroxyl groups is 2. The number of piperidine rings is 1. The fourth-order valence-electron chi connectivity index (χ4n) is 4.19. The summed E-state index contributed by atoms with van der Waals surface area (Å²) in [5.41, 5.74) is 0.572. The van der Waals surface area contributed by atoms with Crippen molar-refractivity contribution in [2.45, 2.75) is 43.6 Å². The molecule has 0 aromatic heterocycles. The predicted molar refractivity (Wildman–Crippen MR) is 90.9 cm³/mol. The quantitative estimate of drug-likeness (QED) is 0.880. The third-order valence-electron chi connectivity index (χ3n) is 5.75. The Morgan fingerprint density at radius 3 is 2.50 bits per heavy atom. The lowest BCUT2D eigenvalue weighted by molar-refractivity contribution is -0.142. The van der Waals surface area contributed by atoms with Gasteiger partial charge in [-0.05, 0) is 37.0 Å². The van der Waals surface area contributed by atoms with Crippen LogP contribution in [0.4, 0.5) is 0 Å². The molecule has 1 heterocycles. The van der Waals surface area contributed by atoms with E-state index in [1.807, 2.05) is 24.3 Å². The molecule has 0 spiro atoms. The first-order valence-corrected chi connectivity index (χ1v) is 8.83. The molecule has 2 N–H and O–H groups in total. The number of methoxy groups -OCH3 is 1. The zero-order chi connectivity index (χ0) is 17.2. The number of hydrogen-bond acceptors (Lipinski definition) is 4. The fraction of sp³-hybridized carbons (Fsp3) is 0.632. The highest BCUT2D eigenvalue weighted by Gasteiger charge is 2.46.